The van der Waals surface area contributed by atoms with Crippen LogP contribution >= 0.6 is 0 Å². The van der Waals surface area contributed by atoms with Crippen molar-refractivity contribution in [1.82, 2.24) is 14.9 Å². The van der Waals surface area contributed by atoms with Crippen molar-refractivity contribution in [2.45, 2.75) is 19.5 Å². The lowest BCUT2D eigenvalue weighted by molar-refractivity contribution is -0.387. The molecule has 8 heteroatoms. The molecule has 1 amide bonds. The third kappa shape index (κ3) is 3.62. The van der Waals surface area contributed by atoms with Gasteiger partial charge in [-0.25, -0.2) is 4.98 Å². The molecule has 7 nitrogen and oxygen atoms in total. The third-order valence-electron chi connectivity index (χ3n) is 2.83. The number of halogens is 1. The van der Waals surface area contributed by atoms with Gasteiger partial charge < -0.3 is 9.88 Å². The Morgan fingerprint density at radius 2 is 2.33 bits per heavy atom. The molecule has 1 heterocycles. The third-order valence-corrected chi connectivity index (χ3v) is 2.83. The first kappa shape index (κ1) is 14.6. The Morgan fingerprint density at radius 3 is 2.90 bits per heavy atom. The van der Waals surface area contributed by atoms with Gasteiger partial charge in [0.05, 0.1) is 11.3 Å². The molecule has 21 heavy (non-hydrogen) atoms. The van der Waals surface area contributed by atoms with E-state index in [0.717, 1.165) is 12.1 Å². The molecule has 0 saturated carbocycles. The average Bonchev–Trinajstić information content (AvgIpc) is 2.90. The molecule has 0 fully saturated rings. The molecule has 1 atom stereocenters. The molecule has 110 valence electrons. The largest absolute Gasteiger partial charge is 0.348 e. The van der Waals surface area contributed by atoms with Gasteiger partial charge in [-0.15, -0.1) is 0 Å². The summed E-state index contributed by atoms with van der Waals surface area (Å²) in [5.41, 5.74) is -0.617. The maximum atomic E-state index is 13.5. The van der Waals surface area contributed by atoms with E-state index < -0.39 is 22.3 Å². The Morgan fingerprint density at radius 1 is 1.57 bits per heavy atom. The second-order valence-electron chi connectivity index (χ2n) is 4.56. The van der Waals surface area contributed by atoms with E-state index in [2.05, 4.69) is 10.3 Å². The number of carbonyl (C=O) groups is 1. The number of hydrogen-bond donors (Lipinski definition) is 1. The van der Waals surface area contributed by atoms with Crippen molar-refractivity contribution in [3.8, 4) is 0 Å². The summed E-state index contributed by atoms with van der Waals surface area (Å²) < 4.78 is 15.3. The van der Waals surface area contributed by atoms with Crippen LogP contribution in [0.25, 0.3) is 0 Å². The number of nitro benzene ring substituents is 1. The van der Waals surface area contributed by atoms with Crippen LogP contribution in [-0.4, -0.2) is 26.4 Å². The predicted octanol–water partition coefficient (Wildman–Crippen LogP) is 1.75. The van der Waals surface area contributed by atoms with Gasteiger partial charge in [-0.1, -0.05) is 0 Å². The zero-order valence-electron chi connectivity index (χ0n) is 11.2. The lowest BCUT2D eigenvalue weighted by Crippen LogP contribution is -2.35. The summed E-state index contributed by atoms with van der Waals surface area (Å²) in [6, 6.07) is 2.85. The maximum absolute atomic E-state index is 13.5. The molecule has 1 N–H and O–H groups in total. The molecule has 0 saturated heterocycles. The number of aromatic nitrogens is 2. The molecule has 2 aromatic rings. The van der Waals surface area contributed by atoms with Crippen LogP contribution in [0.3, 0.4) is 0 Å². The van der Waals surface area contributed by atoms with E-state index in [1.165, 1.54) is 6.07 Å². The minimum Gasteiger partial charge on any atom is -0.348 e. The molecule has 1 aromatic carbocycles. The summed E-state index contributed by atoms with van der Waals surface area (Å²) in [4.78, 5) is 25.5. The number of nitro groups is 1. The highest BCUT2D eigenvalue weighted by molar-refractivity contribution is 5.94. The van der Waals surface area contributed by atoms with Crippen LogP contribution in [0.15, 0.2) is 36.9 Å². The summed E-state index contributed by atoms with van der Waals surface area (Å²) in [6.45, 7) is 2.31. The second-order valence-corrected chi connectivity index (χ2v) is 4.56. The fraction of sp³-hybridized carbons (Fsp3) is 0.231. The van der Waals surface area contributed by atoms with Crippen LogP contribution in [0.5, 0.6) is 0 Å². The molecule has 0 aliphatic carbocycles. The highest BCUT2D eigenvalue weighted by Crippen LogP contribution is 2.18. The van der Waals surface area contributed by atoms with Crippen LogP contribution in [0.2, 0.25) is 0 Å². The molecule has 1 unspecified atom stereocenters. The number of amides is 1. The van der Waals surface area contributed by atoms with Crippen molar-refractivity contribution in [3.63, 3.8) is 0 Å². The molecular weight excluding hydrogens is 279 g/mol. The number of nitrogens with one attached hydrogen (secondary N) is 1. The Hall–Kier alpha value is -2.77. The van der Waals surface area contributed by atoms with Gasteiger partial charge in [-0.05, 0) is 19.1 Å². The van der Waals surface area contributed by atoms with Crippen LogP contribution in [-0.2, 0) is 6.54 Å². The van der Waals surface area contributed by atoms with Gasteiger partial charge in [0.15, 0.2) is 0 Å². The van der Waals surface area contributed by atoms with Crippen molar-refractivity contribution in [1.29, 1.82) is 0 Å². The fourth-order valence-electron chi connectivity index (χ4n) is 1.86. The number of nitrogens with zero attached hydrogens (tertiary/aromatic N) is 3. The van der Waals surface area contributed by atoms with Crippen molar-refractivity contribution in [2.75, 3.05) is 0 Å². The summed E-state index contributed by atoms with van der Waals surface area (Å²) in [6.07, 6.45) is 5.00. The zero-order valence-corrected chi connectivity index (χ0v) is 11.2. The Kier molecular flexibility index (Phi) is 4.27. The number of carbonyl (C=O) groups excluding carboxylic acids is 1. The van der Waals surface area contributed by atoms with Crippen LogP contribution in [0.1, 0.15) is 17.3 Å². The SMILES string of the molecule is CC(Cn1ccnc1)NC(=O)c1ccc([N+](=O)[O-])c(F)c1. The molecule has 0 spiro atoms. The minimum atomic E-state index is -1.03. The van der Waals surface area contributed by atoms with E-state index in [1.54, 1.807) is 30.2 Å². The van der Waals surface area contributed by atoms with E-state index >= 15 is 0 Å². The fourth-order valence-corrected chi connectivity index (χ4v) is 1.86. The quantitative estimate of drug-likeness (QED) is 0.671. The first-order valence-electron chi connectivity index (χ1n) is 6.18. The van der Waals surface area contributed by atoms with Crippen LogP contribution < -0.4 is 5.32 Å². The van der Waals surface area contributed by atoms with Crippen molar-refractivity contribution < 1.29 is 14.1 Å². The van der Waals surface area contributed by atoms with Gasteiger partial charge >= 0.3 is 5.69 Å². The molecule has 0 bridgehead atoms. The zero-order chi connectivity index (χ0) is 15.4. The van der Waals surface area contributed by atoms with E-state index in [0.29, 0.717) is 6.54 Å². The monoisotopic (exact) mass is 292 g/mol. The lowest BCUT2D eigenvalue weighted by atomic mass is 10.1. The van der Waals surface area contributed by atoms with Gasteiger partial charge in [0, 0.05) is 36.6 Å². The molecule has 0 radical (unpaired) electrons. The van der Waals surface area contributed by atoms with Gasteiger partial charge in [0.1, 0.15) is 0 Å². The van der Waals surface area contributed by atoms with E-state index in [1.807, 2.05) is 0 Å². The molecular formula is C13H13FN4O3. The van der Waals surface area contributed by atoms with Crippen LogP contribution in [0.4, 0.5) is 10.1 Å². The van der Waals surface area contributed by atoms with Gasteiger partial charge in [0.2, 0.25) is 5.82 Å². The van der Waals surface area contributed by atoms with Crippen molar-refractivity contribution in [3.05, 3.63) is 58.4 Å². The summed E-state index contributed by atoms with van der Waals surface area (Å²) in [5, 5.41) is 13.2. The average molecular weight is 292 g/mol. The highest BCUT2D eigenvalue weighted by atomic mass is 19.1. The van der Waals surface area contributed by atoms with E-state index in [4.69, 9.17) is 0 Å². The topological polar surface area (TPSA) is 90.1 Å². The van der Waals surface area contributed by atoms with Crippen LogP contribution in [0, 0.1) is 15.9 Å². The first-order valence-corrected chi connectivity index (χ1v) is 6.18. The van der Waals surface area contributed by atoms with Gasteiger partial charge in [0.25, 0.3) is 5.91 Å². The molecule has 2 rings (SSSR count). The summed E-state index contributed by atoms with van der Waals surface area (Å²) >= 11 is 0. The standard InChI is InChI=1S/C13H13FN4O3/c1-9(7-17-5-4-15-8-17)16-13(19)10-2-3-12(18(20)21)11(14)6-10/h2-6,8-9H,7H2,1H3,(H,16,19). The minimum absolute atomic E-state index is 0.0376. The van der Waals surface area contributed by atoms with Crippen molar-refractivity contribution in [2.24, 2.45) is 0 Å². The highest BCUT2D eigenvalue weighted by Gasteiger charge is 2.17. The number of rotatable bonds is 5. The molecule has 1 aromatic heterocycles. The van der Waals surface area contributed by atoms with Crippen molar-refractivity contribution >= 4 is 11.6 Å². The van der Waals surface area contributed by atoms with E-state index in [9.17, 15) is 19.3 Å². The molecule has 0 aliphatic heterocycles. The lowest BCUT2D eigenvalue weighted by Gasteiger charge is -2.14. The summed E-state index contributed by atoms with van der Waals surface area (Å²) in [7, 11) is 0. The van der Waals surface area contributed by atoms with E-state index in [-0.39, 0.29) is 11.6 Å². The normalized spacial score (nSPS) is 11.9. The number of hydrogen-bond acceptors (Lipinski definition) is 4. The Labute approximate surface area is 119 Å². The summed E-state index contributed by atoms with van der Waals surface area (Å²) in [5.74, 6) is -1.52. The Balaban J connectivity index is 2.03. The predicted molar refractivity (Wildman–Crippen MR) is 72.2 cm³/mol. The van der Waals surface area contributed by atoms with Gasteiger partial charge in [-0.2, -0.15) is 4.39 Å². The number of imidazole rings is 1. The second kappa shape index (κ2) is 6.12. The van der Waals surface area contributed by atoms with Gasteiger partial charge in [-0.3, -0.25) is 14.9 Å². The smallest absolute Gasteiger partial charge is 0.304 e. The number of benzene rings is 1. The first-order chi connectivity index (χ1) is 9.97. The maximum Gasteiger partial charge on any atom is 0.304 e. The Bertz CT molecular complexity index is 657. The molecule has 0 aliphatic rings.